The third kappa shape index (κ3) is 3.80. The molecule has 2 aromatic heterocycles. The minimum Gasteiger partial charge on any atom is -0.497 e. The molecule has 0 N–H and O–H groups in total. The van der Waals surface area contributed by atoms with Crippen LogP contribution >= 0.6 is 0 Å². The van der Waals surface area contributed by atoms with Crippen LogP contribution in [-0.2, 0) is 6.54 Å². The molecule has 1 aromatic carbocycles. The number of aryl methyl sites for hydroxylation is 1. The van der Waals surface area contributed by atoms with E-state index in [2.05, 4.69) is 9.88 Å². The number of hydrogen-bond donors (Lipinski definition) is 0. The van der Waals surface area contributed by atoms with E-state index >= 15 is 0 Å². The molecule has 0 unspecified atom stereocenters. The van der Waals surface area contributed by atoms with Gasteiger partial charge in [-0.1, -0.05) is 0 Å². The number of nitrogens with zero attached hydrogens (tertiary/aromatic N) is 3. The number of benzene rings is 1. The standard InChI is InChI=1S/C21H23N3O4/c1-15-18(22-20(28-15)16-5-7-17(26-2)8-6-16)14-23-9-11-24(12-10-23)21(25)19-4-3-13-27-19/h3-8,13H,9-12,14H2,1-2H3. The van der Waals surface area contributed by atoms with Crippen LogP contribution in [-0.4, -0.2) is 54.0 Å². The van der Waals surface area contributed by atoms with E-state index in [1.807, 2.05) is 36.1 Å². The predicted octanol–water partition coefficient (Wildman–Crippen LogP) is 3.21. The highest BCUT2D eigenvalue weighted by atomic mass is 16.5. The fourth-order valence-electron chi connectivity index (χ4n) is 3.31. The van der Waals surface area contributed by atoms with Gasteiger partial charge >= 0.3 is 0 Å². The van der Waals surface area contributed by atoms with Crippen LogP contribution in [0.4, 0.5) is 0 Å². The zero-order chi connectivity index (χ0) is 19.5. The molecule has 4 rings (SSSR count). The normalized spacial score (nSPS) is 15.0. The first kappa shape index (κ1) is 18.3. The Morgan fingerprint density at radius 3 is 2.54 bits per heavy atom. The van der Waals surface area contributed by atoms with Gasteiger partial charge in [-0.2, -0.15) is 0 Å². The molecular formula is C21H23N3O4. The Bertz CT molecular complexity index is 923. The highest BCUT2D eigenvalue weighted by Gasteiger charge is 2.25. The number of hydrogen-bond acceptors (Lipinski definition) is 6. The minimum absolute atomic E-state index is 0.0518. The number of furan rings is 1. The lowest BCUT2D eigenvalue weighted by atomic mass is 10.2. The van der Waals surface area contributed by atoms with Crippen LogP contribution < -0.4 is 4.74 Å². The average Bonchev–Trinajstić information content (AvgIpc) is 3.39. The zero-order valence-corrected chi connectivity index (χ0v) is 16.1. The van der Waals surface area contributed by atoms with Gasteiger partial charge in [-0.15, -0.1) is 0 Å². The first-order valence-corrected chi connectivity index (χ1v) is 9.30. The topological polar surface area (TPSA) is 72.0 Å². The third-order valence-electron chi connectivity index (χ3n) is 4.99. The van der Waals surface area contributed by atoms with Gasteiger partial charge in [0.2, 0.25) is 5.89 Å². The smallest absolute Gasteiger partial charge is 0.289 e. The highest BCUT2D eigenvalue weighted by Crippen LogP contribution is 2.25. The second-order valence-electron chi connectivity index (χ2n) is 6.80. The Hall–Kier alpha value is -3.06. The Labute approximate surface area is 163 Å². The van der Waals surface area contributed by atoms with Crippen molar-refractivity contribution in [2.45, 2.75) is 13.5 Å². The van der Waals surface area contributed by atoms with E-state index in [1.54, 1.807) is 19.2 Å². The van der Waals surface area contributed by atoms with Crippen molar-refractivity contribution in [1.29, 1.82) is 0 Å². The fourth-order valence-corrected chi connectivity index (χ4v) is 3.31. The monoisotopic (exact) mass is 381 g/mol. The Balaban J connectivity index is 1.37. The van der Waals surface area contributed by atoms with E-state index in [0.29, 0.717) is 31.3 Å². The molecule has 1 aliphatic rings. The lowest BCUT2D eigenvalue weighted by Crippen LogP contribution is -2.48. The van der Waals surface area contributed by atoms with Gasteiger partial charge in [-0.3, -0.25) is 9.69 Å². The maximum atomic E-state index is 12.4. The number of methoxy groups -OCH3 is 1. The van der Waals surface area contributed by atoms with Gasteiger partial charge in [0.05, 0.1) is 19.1 Å². The first-order chi connectivity index (χ1) is 13.6. The highest BCUT2D eigenvalue weighted by molar-refractivity contribution is 5.91. The number of oxazole rings is 1. The summed E-state index contributed by atoms with van der Waals surface area (Å²) in [6.45, 7) is 5.55. The van der Waals surface area contributed by atoms with Crippen LogP contribution in [0.1, 0.15) is 22.0 Å². The Kier molecular flexibility index (Phi) is 5.16. The summed E-state index contributed by atoms with van der Waals surface area (Å²) in [4.78, 5) is 21.2. The van der Waals surface area contributed by atoms with E-state index in [1.165, 1.54) is 6.26 Å². The van der Waals surface area contributed by atoms with Crippen molar-refractivity contribution < 1.29 is 18.4 Å². The summed E-state index contributed by atoms with van der Waals surface area (Å²) < 4.78 is 16.3. The number of ether oxygens (including phenoxy) is 1. The molecule has 0 bridgehead atoms. The SMILES string of the molecule is COc1ccc(-c2nc(CN3CCN(C(=O)c4ccco4)CC3)c(C)o2)cc1. The Morgan fingerprint density at radius 1 is 1.14 bits per heavy atom. The molecular weight excluding hydrogens is 358 g/mol. The summed E-state index contributed by atoms with van der Waals surface area (Å²) in [5.74, 6) is 2.57. The molecule has 3 heterocycles. The van der Waals surface area contributed by atoms with Crippen molar-refractivity contribution in [3.05, 3.63) is 59.9 Å². The van der Waals surface area contributed by atoms with Crippen LogP contribution in [0.2, 0.25) is 0 Å². The van der Waals surface area contributed by atoms with Crippen molar-refractivity contribution in [2.24, 2.45) is 0 Å². The second-order valence-corrected chi connectivity index (χ2v) is 6.80. The molecule has 0 spiro atoms. The maximum absolute atomic E-state index is 12.4. The van der Waals surface area contributed by atoms with Gasteiger partial charge in [0.1, 0.15) is 11.5 Å². The quantitative estimate of drug-likeness (QED) is 0.676. The molecule has 0 atom stereocenters. The van der Waals surface area contributed by atoms with E-state index in [-0.39, 0.29) is 5.91 Å². The fraction of sp³-hybridized carbons (Fsp3) is 0.333. The van der Waals surface area contributed by atoms with Crippen molar-refractivity contribution in [3.8, 4) is 17.2 Å². The van der Waals surface area contributed by atoms with Gasteiger partial charge in [0.15, 0.2) is 5.76 Å². The summed E-state index contributed by atoms with van der Waals surface area (Å²) in [7, 11) is 1.64. The molecule has 3 aromatic rings. The number of carbonyl (C=O) groups is 1. The van der Waals surface area contributed by atoms with E-state index in [9.17, 15) is 4.79 Å². The van der Waals surface area contributed by atoms with Crippen molar-refractivity contribution in [3.63, 3.8) is 0 Å². The molecule has 28 heavy (non-hydrogen) atoms. The van der Waals surface area contributed by atoms with Crippen LogP contribution in [0.25, 0.3) is 11.5 Å². The van der Waals surface area contributed by atoms with Gasteiger partial charge in [0, 0.05) is 38.3 Å². The predicted molar refractivity (Wildman–Crippen MR) is 103 cm³/mol. The van der Waals surface area contributed by atoms with Crippen LogP contribution in [0.5, 0.6) is 5.75 Å². The molecule has 0 saturated carbocycles. The zero-order valence-electron chi connectivity index (χ0n) is 16.1. The largest absolute Gasteiger partial charge is 0.497 e. The van der Waals surface area contributed by atoms with Gasteiger partial charge in [-0.25, -0.2) is 4.98 Å². The summed E-state index contributed by atoms with van der Waals surface area (Å²) in [5.41, 5.74) is 1.85. The van der Waals surface area contributed by atoms with Crippen LogP contribution in [0.15, 0.2) is 51.5 Å². The van der Waals surface area contributed by atoms with Gasteiger partial charge in [0.25, 0.3) is 5.91 Å². The molecule has 0 radical (unpaired) electrons. The van der Waals surface area contributed by atoms with E-state index in [4.69, 9.17) is 13.6 Å². The van der Waals surface area contributed by atoms with Crippen molar-refractivity contribution in [2.75, 3.05) is 33.3 Å². The first-order valence-electron chi connectivity index (χ1n) is 9.30. The molecule has 1 saturated heterocycles. The summed E-state index contributed by atoms with van der Waals surface area (Å²) in [5, 5.41) is 0. The number of carbonyl (C=O) groups excluding carboxylic acids is 1. The maximum Gasteiger partial charge on any atom is 0.289 e. The molecule has 146 valence electrons. The third-order valence-corrected chi connectivity index (χ3v) is 4.99. The lowest BCUT2D eigenvalue weighted by molar-refractivity contribution is 0.0596. The summed E-state index contributed by atoms with van der Waals surface area (Å²) in [6, 6.07) is 11.1. The van der Waals surface area contributed by atoms with Crippen LogP contribution in [0, 0.1) is 6.92 Å². The number of aromatic nitrogens is 1. The van der Waals surface area contributed by atoms with Crippen molar-refractivity contribution >= 4 is 5.91 Å². The average molecular weight is 381 g/mol. The number of piperazine rings is 1. The Morgan fingerprint density at radius 2 is 1.89 bits per heavy atom. The van der Waals surface area contributed by atoms with E-state index in [0.717, 1.165) is 35.9 Å². The van der Waals surface area contributed by atoms with Crippen LogP contribution in [0.3, 0.4) is 0 Å². The number of rotatable bonds is 5. The lowest BCUT2D eigenvalue weighted by Gasteiger charge is -2.33. The van der Waals surface area contributed by atoms with Gasteiger partial charge in [-0.05, 0) is 43.3 Å². The van der Waals surface area contributed by atoms with E-state index < -0.39 is 0 Å². The molecule has 1 fully saturated rings. The minimum atomic E-state index is -0.0518. The molecule has 7 heteroatoms. The molecule has 1 aliphatic heterocycles. The summed E-state index contributed by atoms with van der Waals surface area (Å²) >= 11 is 0. The molecule has 1 amide bonds. The second kappa shape index (κ2) is 7.90. The molecule has 0 aliphatic carbocycles. The van der Waals surface area contributed by atoms with Crippen molar-refractivity contribution in [1.82, 2.24) is 14.8 Å². The number of amides is 1. The van der Waals surface area contributed by atoms with Gasteiger partial charge < -0.3 is 18.5 Å². The summed E-state index contributed by atoms with van der Waals surface area (Å²) in [6.07, 6.45) is 1.53. The molecule has 7 nitrogen and oxygen atoms in total.